The van der Waals surface area contributed by atoms with Crippen molar-refractivity contribution in [2.24, 2.45) is 0 Å². The lowest BCUT2D eigenvalue weighted by Crippen LogP contribution is -2.31. The van der Waals surface area contributed by atoms with E-state index in [1.165, 1.54) is 37.8 Å². The first-order valence-corrected chi connectivity index (χ1v) is 6.88. The smallest absolute Gasteiger partial charge is 0.0410 e. The summed E-state index contributed by atoms with van der Waals surface area (Å²) in [4.78, 5) is 6.80. The van der Waals surface area contributed by atoms with Crippen LogP contribution < -0.4 is 0 Å². The van der Waals surface area contributed by atoms with E-state index in [1.54, 1.807) is 0 Å². The van der Waals surface area contributed by atoms with Crippen LogP contribution in [0.2, 0.25) is 0 Å². The maximum absolute atomic E-state index is 4.22. The van der Waals surface area contributed by atoms with E-state index in [1.807, 2.05) is 12.4 Å². The van der Waals surface area contributed by atoms with Crippen molar-refractivity contribution in [1.82, 2.24) is 9.88 Å². The Hall–Kier alpha value is -0.410. The van der Waals surface area contributed by atoms with Gasteiger partial charge in [0.2, 0.25) is 0 Å². The molecule has 1 atom stereocenters. The number of hydrogen-bond donors (Lipinski definition) is 0. The number of rotatable bonds is 2. The average molecular weight is 283 g/mol. The molecule has 2 rings (SSSR count). The monoisotopic (exact) mass is 282 g/mol. The molecule has 1 fully saturated rings. The number of nitrogens with zero attached hydrogens (tertiary/aromatic N) is 2. The third-order valence-electron chi connectivity index (χ3n) is 3.34. The van der Waals surface area contributed by atoms with E-state index >= 15 is 0 Å². The molecule has 1 aromatic rings. The Morgan fingerprint density at radius 3 is 3.06 bits per heavy atom. The molecule has 3 heteroatoms. The first kappa shape index (κ1) is 12.1. The lowest BCUT2D eigenvalue weighted by molar-refractivity contribution is 0.204. The van der Waals surface area contributed by atoms with E-state index < -0.39 is 0 Å². The molecule has 0 spiro atoms. The van der Waals surface area contributed by atoms with Gasteiger partial charge in [-0.25, -0.2) is 0 Å². The molecule has 1 aromatic heterocycles. The first-order valence-electron chi connectivity index (χ1n) is 6.09. The maximum Gasteiger partial charge on any atom is 0.0410 e. The molecule has 0 saturated carbocycles. The van der Waals surface area contributed by atoms with Gasteiger partial charge in [0.15, 0.2) is 0 Å². The molecule has 16 heavy (non-hydrogen) atoms. The van der Waals surface area contributed by atoms with Crippen LogP contribution in [0.5, 0.6) is 0 Å². The predicted octanol–water partition coefficient (Wildman–Crippen LogP) is 3.61. The van der Waals surface area contributed by atoms with Crippen molar-refractivity contribution in [3.63, 3.8) is 0 Å². The lowest BCUT2D eigenvalue weighted by atomic mass is 10.1. The largest absolute Gasteiger partial charge is 0.296 e. The SMILES string of the molecule is CC1CCCCCN1Cc1cncc(Br)c1. The quantitative estimate of drug-likeness (QED) is 0.824. The highest BCUT2D eigenvalue weighted by Crippen LogP contribution is 2.19. The molecule has 1 aliphatic heterocycles. The van der Waals surface area contributed by atoms with Crippen LogP contribution in [-0.2, 0) is 6.54 Å². The second-order valence-corrected chi connectivity index (χ2v) is 5.60. The predicted molar refractivity (Wildman–Crippen MR) is 70.3 cm³/mol. The van der Waals surface area contributed by atoms with Gasteiger partial charge in [0, 0.05) is 29.5 Å². The Balaban J connectivity index is 2.02. The zero-order valence-electron chi connectivity index (χ0n) is 9.82. The van der Waals surface area contributed by atoms with Crippen LogP contribution in [0.15, 0.2) is 22.9 Å². The number of pyridine rings is 1. The van der Waals surface area contributed by atoms with Gasteiger partial charge >= 0.3 is 0 Å². The highest BCUT2D eigenvalue weighted by atomic mass is 79.9. The Morgan fingerprint density at radius 1 is 1.38 bits per heavy atom. The summed E-state index contributed by atoms with van der Waals surface area (Å²) < 4.78 is 1.08. The van der Waals surface area contributed by atoms with Crippen molar-refractivity contribution in [1.29, 1.82) is 0 Å². The van der Waals surface area contributed by atoms with E-state index in [0.29, 0.717) is 6.04 Å². The second-order valence-electron chi connectivity index (χ2n) is 4.68. The normalized spacial score (nSPS) is 23.0. The third kappa shape index (κ3) is 3.29. The van der Waals surface area contributed by atoms with Gasteiger partial charge < -0.3 is 0 Å². The molecule has 2 heterocycles. The van der Waals surface area contributed by atoms with Crippen LogP contribution in [0.25, 0.3) is 0 Å². The van der Waals surface area contributed by atoms with Gasteiger partial charge in [-0.3, -0.25) is 9.88 Å². The minimum atomic E-state index is 0.710. The molecular formula is C13H19BrN2. The standard InChI is InChI=1S/C13H19BrN2/c1-11-5-3-2-4-6-16(11)10-12-7-13(14)9-15-8-12/h7-9,11H,2-6,10H2,1H3. The Bertz CT molecular complexity index is 340. The highest BCUT2D eigenvalue weighted by molar-refractivity contribution is 9.10. The minimum Gasteiger partial charge on any atom is -0.296 e. The van der Waals surface area contributed by atoms with Gasteiger partial charge in [-0.1, -0.05) is 12.8 Å². The molecule has 1 aliphatic rings. The topological polar surface area (TPSA) is 16.1 Å². The first-order chi connectivity index (χ1) is 7.75. The summed E-state index contributed by atoms with van der Waals surface area (Å²) >= 11 is 3.48. The molecule has 88 valence electrons. The molecule has 0 bridgehead atoms. The summed E-state index contributed by atoms with van der Waals surface area (Å²) in [6, 6.07) is 2.88. The minimum absolute atomic E-state index is 0.710. The van der Waals surface area contributed by atoms with Crippen LogP contribution in [0.3, 0.4) is 0 Å². The van der Waals surface area contributed by atoms with Gasteiger partial charge in [-0.05, 0) is 53.9 Å². The van der Waals surface area contributed by atoms with E-state index in [2.05, 4.69) is 38.8 Å². The van der Waals surface area contributed by atoms with Crippen molar-refractivity contribution in [2.45, 2.75) is 45.2 Å². The van der Waals surface area contributed by atoms with Gasteiger partial charge in [-0.15, -0.1) is 0 Å². The summed E-state index contributed by atoms with van der Waals surface area (Å²) in [6.07, 6.45) is 9.26. The molecule has 0 amide bonds. The fourth-order valence-electron chi connectivity index (χ4n) is 2.35. The molecule has 0 radical (unpaired) electrons. The molecular weight excluding hydrogens is 264 g/mol. The lowest BCUT2D eigenvalue weighted by Gasteiger charge is -2.26. The fourth-order valence-corrected chi connectivity index (χ4v) is 2.76. The fraction of sp³-hybridized carbons (Fsp3) is 0.615. The molecule has 0 aromatic carbocycles. The average Bonchev–Trinajstić information content (AvgIpc) is 2.45. The van der Waals surface area contributed by atoms with Crippen molar-refractivity contribution >= 4 is 15.9 Å². The highest BCUT2D eigenvalue weighted by Gasteiger charge is 2.16. The van der Waals surface area contributed by atoms with Crippen LogP contribution in [-0.4, -0.2) is 22.5 Å². The van der Waals surface area contributed by atoms with Gasteiger partial charge in [0.1, 0.15) is 0 Å². The van der Waals surface area contributed by atoms with Crippen LogP contribution >= 0.6 is 15.9 Å². The van der Waals surface area contributed by atoms with Crippen LogP contribution in [0.1, 0.15) is 38.2 Å². The van der Waals surface area contributed by atoms with Crippen LogP contribution in [0, 0.1) is 0 Å². The Morgan fingerprint density at radius 2 is 2.25 bits per heavy atom. The summed E-state index contributed by atoms with van der Waals surface area (Å²) in [7, 11) is 0. The molecule has 0 N–H and O–H groups in total. The Kier molecular flexibility index (Phi) is 4.36. The Labute approximate surface area is 106 Å². The van der Waals surface area contributed by atoms with Crippen molar-refractivity contribution in [3.8, 4) is 0 Å². The maximum atomic E-state index is 4.22. The van der Waals surface area contributed by atoms with E-state index in [9.17, 15) is 0 Å². The van der Waals surface area contributed by atoms with E-state index in [4.69, 9.17) is 0 Å². The molecule has 1 saturated heterocycles. The zero-order chi connectivity index (χ0) is 11.4. The van der Waals surface area contributed by atoms with E-state index in [-0.39, 0.29) is 0 Å². The van der Waals surface area contributed by atoms with Crippen molar-refractivity contribution < 1.29 is 0 Å². The number of aromatic nitrogens is 1. The molecule has 0 aliphatic carbocycles. The van der Waals surface area contributed by atoms with Gasteiger partial charge in [0.25, 0.3) is 0 Å². The number of hydrogen-bond acceptors (Lipinski definition) is 2. The van der Waals surface area contributed by atoms with Gasteiger partial charge in [0.05, 0.1) is 0 Å². The summed E-state index contributed by atoms with van der Waals surface area (Å²) in [5.41, 5.74) is 1.31. The third-order valence-corrected chi connectivity index (χ3v) is 3.77. The summed E-state index contributed by atoms with van der Waals surface area (Å²) in [5.74, 6) is 0. The van der Waals surface area contributed by atoms with Gasteiger partial charge in [-0.2, -0.15) is 0 Å². The van der Waals surface area contributed by atoms with Crippen LogP contribution in [0.4, 0.5) is 0 Å². The number of halogens is 1. The molecule has 1 unspecified atom stereocenters. The van der Waals surface area contributed by atoms with Crippen molar-refractivity contribution in [3.05, 3.63) is 28.5 Å². The zero-order valence-corrected chi connectivity index (χ0v) is 11.4. The molecule has 2 nitrogen and oxygen atoms in total. The van der Waals surface area contributed by atoms with E-state index in [0.717, 1.165) is 11.0 Å². The second kappa shape index (κ2) is 5.78. The van der Waals surface area contributed by atoms with Crippen molar-refractivity contribution in [2.75, 3.05) is 6.54 Å². The summed E-state index contributed by atoms with van der Waals surface area (Å²) in [6.45, 7) is 4.61. The number of likely N-dealkylation sites (tertiary alicyclic amines) is 1. The summed E-state index contributed by atoms with van der Waals surface area (Å²) in [5, 5.41) is 0.